The van der Waals surface area contributed by atoms with Crippen molar-refractivity contribution in [1.82, 2.24) is 0 Å². The molecule has 0 spiro atoms. The Morgan fingerprint density at radius 1 is 1.38 bits per heavy atom. The van der Waals surface area contributed by atoms with Gasteiger partial charge < -0.3 is 13.9 Å². The summed E-state index contributed by atoms with van der Waals surface area (Å²) >= 11 is 0. The van der Waals surface area contributed by atoms with Gasteiger partial charge in [0.15, 0.2) is 14.4 Å². The summed E-state index contributed by atoms with van der Waals surface area (Å²) < 4.78 is 15.7. The molecule has 1 aliphatic rings. The summed E-state index contributed by atoms with van der Waals surface area (Å²) in [6, 6.07) is 0. The van der Waals surface area contributed by atoms with E-state index in [0.29, 0.717) is 6.61 Å². The first kappa shape index (κ1) is 13.7. The second-order valence-corrected chi connectivity index (χ2v) is 10.5. The van der Waals surface area contributed by atoms with Gasteiger partial charge in [-0.2, -0.15) is 0 Å². The molecule has 1 heterocycles. The molecule has 0 amide bonds. The van der Waals surface area contributed by atoms with E-state index in [2.05, 4.69) is 38.6 Å². The Morgan fingerprint density at radius 2 is 1.94 bits per heavy atom. The van der Waals surface area contributed by atoms with Crippen LogP contribution in [0.25, 0.3) is 0 Å². The Hall–Kier alpha value is -0.393. The number of ether oxygens (including phenoxy) is 2. The van der Waals surface area contributed by atoms with Gasteiger partial charge in [-0.1, -0.05) is 20.8 Å². The zero-order chi connectivity index (χ0) is 12.6. The predicted octanol–water partition coefficient (Wildman–Crippen LogP) is 1.95. The Balaban J connectivity index is 2.35. The molecule has 5 heteroatoms. The highest BCUT2D eigenvalue weighted by Crippen LogP contribution is 2.37. The molecule has 4 nitrogen and oxygen atoms in total. The summed E-state index contributed by atoms with van der Waals surface area (Å²) in [5.41, 5.74) is 0. The number of rotatable bonds is 4. The van der Waals surface area contributed by atoms with Crippen molar-refractivity contribution in [2.45, 2.75) is 51.1 Å². The Labute approximate surface area is 98.4 Å². The van der Waals surface area contributed by atoms with Crippen LogP contribution in [0.3, 0.4) is 0 Å². The van der Waals surface area contributed by atoms with E-state index in [0.717, 1.165) is 0 Å². The molecule has 0 aromatic heterocycles. The summed E-state index contributed by atoms with van der Waals surface area (Å²) in [6.07, 6.45) is -0.517. The molecule has 2 atom stereocenters. The molecular formula is C11H22O4Si. The number of hydrogen-bond donors (Lipinski definition) is 0. The van der Waals surface area contributed by atoms with Crippen LogP contribution in [0.1, 0.15) is 20.8 Å². The first-order valence-electron chi connectivity index (χ1n) is 5.56. The third kappa shape index (κ3) is 3.05. The molecule has 94 valence electrons. The van der Waals surface area contributed by atoms with Crippen LogP contribution in [-0.2, 0) is 18.7 Å². The van der Waals surface area contributed by atoms with Crippen LogP contribution in [0, 0.1) is 0 Å². The summed E-state index contributed by atoms with van der Waals surface area (Å²) in [4.78, 5) is 11.1. The van der Waals surface area contributed by atoms with Gasteiger partial charge in [-0.3, -0.25) is 0 Å². The van der Waals surface area contributed by atoms with Crippen LogP contribution in [0.5, 0.6) is 0 Å². The van der Waals surface area contributed by atoms with E-state index in [1.807, 2.05) is 0 Å². The Bertz CT molecular complexity index is 270. The number of carbonyl (C=O) groups is 1. The fraction of sp³-hybridized carbons (Fsp3) is 0.909. The third-order valence-corrected chi connectivity index (χ3v) is 7.93. The van der Waals surface area contributed by atoms with E-state index in [4.69, 9.17) is 9.16 Å². The van der Waals surface area contributed by atoms with E-state index in [9.17, 15) is 4.79 Å². The normalized spacial score (nSPS) is 25.4. The minimum atomic E-state index is -1.73. The van der Waals surface area contributed by atoms with Crippen LogP contribution >= 0.6 is 0 Å². The quantitative estimate of drug-likeness (QED) is 0.432. The van der Waals surface area contributed by atoms with E-state index in [1.54, 1.807) is 0 Å². The summed E-state index contributed by atoms with van der Waals surface area (Å²) in [7, 11) is -0.364. The van der Waals surface area contributed by atoms with E-state index < -0.39 is 14.4 Å². The van der Waals surface area contributed by atoms with Crippen LogP contribution in [0.2, 0.25) is 18.1 Å². The molecule has 0 aliphatic carbocycles. The van der Waals surface area contributed by atoms with Crippen LogP contribution in [0.15, 0.2) is 0 Å². The fourth-order valence-electron chi connectivity index (χ4n) is 1.10. The Kier molecular flexibility index (Phi) is 3.82. The molecular weight excluding hydrogens is 224 g/mol. The van der Waals surface area contributed by atoms with Crippen molar-refractivity contribution >= 4 is 14.3 Å². The van der Waals surface area contributed by atoms with Crippen LogP contribution in [0.4, 0.5) is 0 Å². The van der Waals surface area contributed by atoms with Gasteiger partial charge in [0.05, 0.1) is 13.7 Å². The second-order valence-electron chi connectivity index (χ2n) is 5.69. The zero-order valence-corrected chi connectivity index (χ0v) is 12.0. The molecule has 1 aliphatic heterocycles. The SMILES string of the molecule is COC(=O)[C@@H]1O[C@H]1CO[Si](C)(C)C(C)(C)C. The number of esters is 1. The maximum absolute atomic E-state index is 11.1. The van der Waals surface area contributed by atoms with Gasteiger partial charge in [0.2, 0.25) is 0 Å². The molecule has 0 aromatic rings. The monoisotopic (exact) mass is 246 g/mol. The predicted molar refractivity (Wildman–Crippen MR) is 63.8 cm³/mol. The zero-order valence-electron chi connectivity index (χ0n) is 11.0. The van der Waals surface area contributed by atoms with Crippen molar-refractivity contribution < 1.29 is 18.7 Å². The lowest BCUT2D eigenvalue weighted by Gasteiger charge is -2.35. The maximum atomic E-state index is 11.1. The molecule has 0 radical (unpaired) electrons. The van der Waals surface area contributed by atoms with E-state index in [1.165, 1.54) is 7.11 Å². The lowest BCUT2D eigenvalue weighted by atomic mass is 10.2. The minimum Gasteiger partial charge on any atom is -0.467 e. The summed E-state index contributed by atoms with van der Waals surface area (Å²) in [6.45, 7) is 11.4. The number of methoxy groups -OCH3 is 1. The smallest absolute Gasteiger partial charge is 0.337 e. The molecule has 1 rings (SSSR count). The summed E-state index contributed by atoms with van der Waals surface area (Å²) in [5.74, 6) is -0.302. The lowest BCUT2D eigenvalue weighted by molar-refractivity contribution is -0.142. The number of carbonyl (C=O) groups excluding carboxylic acids is 1. The van der Waals surface area contributed by atoms with E-state index >= 15 is 0 Å². The van der Waals surface area contributed by atoms with Gasteiger partial charge >= 0.3 is 5.97 Å². The first-order chi connectivity index (χ1) is 7.19. The van der Waals surface area contributed by atoms with E-state index in [-0.39, 0.29) is 17.1 Å². The van der Waals surface area contributed by atoms with Crippen molar-refractivity contribution in [2.75, 3.05) is 13.7 Å². The van der Waals surface area contributed by atoms with Gasteiger partial charge in [-0.25, -0.2) is 4.79 Å². The molecule has 0 saturated carbocycles. The van der Waals surface area contributed by atoms with Crippen molar-refractivity contribution in [1.29, 1.82) is 0 Å². The standard InChI is InChI=1S/C11H22O4Si/c1-11(2,3)16(5,6)14-7-8-9(15-8)10(12)13-4/h8-9H,7H2,1-6H3/t8-,9+/m0/s1. The lowest BCUT2D eigenvalue weighted by Crippen LogP contribution is -2.41. The topological polar surface area (TPSA) is 48.1 Å². The number of epoxide rings is 1. The van der Waals surface area contributed by atoms with Crippen molar-refractivity contribution in [3.05, 3.63) is 0 Å². The average Bonchev–Trinajstić information content (AvgIpc) is 2.91. The van der Waals surface area contributed by atoms with Crippen molar-refractivity contribution in [2.24, 2.45) is 0 Å². The van der Waals surface area contributed by atoms with Gasteiger partial charge in [0, 0.05) is 0 Å². The molecule has 1 fully saturated rings. The highest BCUT2D eigenvalue weighted by atomic mass is 28.4. The minimum absolute atomic E-state index is 0.110. The van der Waals surface area contributed by atoms with Gasteiger partial charge in [-0.05, 0) is 18.1 Å². The molecule has 0 unspecified atom stereocenters. The molecule has 0 bridgehead atoms. The highest BCUT2D eigenvalue weighted by molar-refractivity contribution is 6.74. The Morgan fingerprint density at radius 3 is 2.38 bits per heavy atom. The fourth-order valence-corrected chi connectivity index (χ4v) is 2.11. The molecule has 0 aromatic carbocycles. The van der Waals surface area contributed by atoms with Gasteiger partial charge in [-0.15, -0.1) is 0 Å². The van der Waals surface area contributed by atoms with Gasteiger partial charge in [0.25, 0.3) is 0 Å². The molecule has 1 saturated heterocycles. The average molecular weight is 246 g/mol. The number of hydrogen-bond acceptors (Lipinski definition) is 4. The van der Waals surface area contributed by atoms with Gasteiger partial charge in [0.1, 0.15) is 6.10 Å². The van der Waals surface area contributed by atoms with Crippen LogP contribution in [-0.4, -0.2) is 40.2 Å². The first-order valence-corrected chi connectivity index (χ1v) is 8.47. The van der Waals surface area contributed by atoms with Crippen molar-refractivity contribution in [3.63, 3.8) is 0 Å². The largest absolute Gasteiger partial charge is 0.467 e. The molecule has 0 N–H and O–H groups in total. The third-order valence-electron chi connectivity index (χ3n) is 3.43. The highest BCUT2D eigenvalue weighted by Gasteiger charge is 2.48. The summed E-state index contributed by atoms with van der Waals surface area (Å²) in [5, 5.41) is 0.183. The van der Waals surface area contributed by atoms with Crippen LogP contribution < -0.4 is 0 Å². The second kappa shape index (κ2) is 4.47. The maximum Gasteiger partial charge on any atom is 0.337 e. The molecule has 16 heavy (non-hydrogen) atoms. The van der Waals surface area contributed by atoms with Crippen molar-refractivity contribution in [3.8, 4) is 0 Å².